The summed E-state index contributed by atoms with van der Waals surface area (Å²) in [6, 6.07) is 20.5. The van der Waals surface area contributed by atoms with Crippen molar-refractivity contribution in [2.24, 2.45) is 5.41 Å². The fraction of sp³-hybridized carbons (Fsp3) is 0.321. The van der Waals surface area contributed by atoms with Crippen molar-refractivity contribution in [1.82, 2.24) is 14.8 Å². The van der Waals surface area contributed by atoms with Gasteiger partial charge in [-0.3, -0.25) is 14.6 Å². The second-order valence-corrected chi connectivity index (χ2v) is 9.29. The molecule has 33 heavy (non-hydrogen) atoms. The van der Waals surface area contributed by atoms with Gasteiger partial charge in [0, 0.05) is 39.6 Å². The molecule has 0 N–H and O–H groups in total. The van der Waals surface area contributed by atoms with Crippen molar-refractivity contribution in [3.05, 3.63) is 89.7 Å². The SMILES string of the molecule is Cc1ccc(-c2ccc(CC3(C(=O)N(C)C)CCCN(C(=O)c4cccnc4)C3)cc2)cc1. The molecule has 0 saturated carbocycles. The van der Waals surface area contributed by atoms with Gasteiger partial charge in [0.25, 0.3) is 5.91 Å². The van der Waals surface area contributed by atoms with Crippen LogP contribution >= 0.6 is 0 Å². The predicted molar refractivity (Wildman–Crippen MR) is 131 cm³/mol. The molecular weight excluding hydrogens is 410 g/mol. The minimum absolute atomic E-state index is 0.0616. The van der Waals surface area contributed by atoms with Crippen molar-refractivity contribution in [3.63, 3.8) is 0 Å². The number of nitrogens with zero attached hydrogens (tertiary/aromatic N) is 3. The average molecular weight is 442 g/mol. The van der Waals surface area contributed by atoms with Crippen molar-refractivity contribution in [3.8, 4) is 11.1 Å². The first-order valence-electron chi connectivity index (χ1n) is 11.4. The Morgan fingerprint density at radius 1 is 1.00 bits per heavy atom. The Hall–Kier alpha value is -3.47. The van der Waals surface area contributed by atoms with E-state index in [0.29, 0.717) is 25.1 Å². The Kier molecular flexibility index (Phi) is 6.59. The van der Waals surface area contributed by atoms with Crippen LogP contribution in [0.1, 0.15) is 34.3 Å². The smallest absolute Gasteiger partial charge is 0.255 e. The molecule has 1 atom stereocenters. The van der Waals surface area contributed by atoms with Crippen LogP contribution in [0.4, 0.5) is 0 Å². The van der Waals surface area contributed by atoms with Gasteiger partial charge in [0.1, 0.15) is 0 Å². The molecule has 0 aliphatic carbocycles. The van der Waals surface area contributed by atoms with Crippen LogP contribution in [0.3, 0.4) is 0 Å². The molecule has 1 aromatic heterocycles. The van der Waals surface area contributed by atoms with Crippen molar-refractivity contribution < 1.29 is 9.59 Å². The molecular formula is C28H31N3O2. The zero-order valence-electron chi connectivity index (χ0n) is 19.6. The first-order valence-corrected chi connectivity index (χ1v) is 11.4. The van der Waals surface area contributed by atoms with Crippen LogP contribution < -0.4 is 0 Å². The lowest BCUT2D eigenvalue weighted by atomic mass is 9.73. The molecule has 5 heteroatoms. The first-order chi connectivity index (χ1) is 15.9. The maximum absolute atomic E-state index is 13.4. The second-order valence-electron chi connectivity index (χ2n) is 9.29. The number of pyridine rings is 1. The maximum atomic E-state index is 13.4. The third kappa shape index (κ3) is 4.98. The summed E-state index contributed by atoms with van der Waals surface area (Å²) in [5, 5.41) is 0. The molecule has 0 radical (unpaired) electrons. The van der Waals surface area contributed by atoms with Gasteiger partial charge in [-0.05, 0) is 55.0 Å². The Morgan fingerprint density at radius 3 is 2.27 bits per heavy atom. The molecule has 170 valence electrons. The molecule has 2 aromatic carbocycles. The fourth-order valence-corrected chi connectivity index (χ4v) is 4.80. The van der Waals surface area contributed by atoms with E-state index >= 15 is 0 Å². The maximum Gasteiger partial charge on any atom is 0.255 e. The van der Waals surface area contributed by atoms with E-state index in [1.54, 1.807) is 43.5 Å². The highest BCUT2D eigenvalue weighted by Gasteiger charge is 2.44. The summed E-state index contributed by atoms with van der Waals surface area (Å²) in [6.07, 6.45) is 5.42. The highest BCUT2D eigenvalue weighted by Crippen LogP contribution is 2.36. The molecule has 2 amide bonds. The number of likely N-dealkylation sites (tertiary alicyclic amines) is 1. The predicted octanol–water partition coefficient (Wildman–Crippen LogP) is 4.61. The highest BCUT2D eigenvalue weighted by molar-refractivity contribution is 5.94. The summed E-state index contributed by atoms with van der Waals surface area (Å²) in [4.78, 5) is 34.1. The number of hydrogen-bond acceptors (Lipinski definition) is 3. The number of piperidine rings is 1. The number of carbonyl (C=O) groups excluding carboxylic acids is 2. The number of carbonyl (C=O) groups is 2. The molecule has 1 saturated heterocycles. The molecule has 1 fully saturated rings. The topological polar surface area (TPSA) is 53.5 Å². The Labute approximate surface area is 196 Å². The molecule has 4 rings (SSSR count). The largest absolute Gasteiger partial charge is 0.348 e. The zero-order valence-corrected chi connectivity index (χ0v) is 19.6. The van der Waals surface area contributed by atoms with E-state index in [4.69, 9.17) is 0 Å². The number of rotatable bonds is 5. The minimum Gasteiger partial charge on any atom is -0.348 e. The van der Waals surface area contributed by atoms with Crippen LogP contribution in [0, 0.1) is 12.3 Å². The van der Waals surface area contributed by atoms with Gasteiger partial charge in [0.05, 0.1) is 11.0 Å². The van der Waals surface area contributed by atoms with Crippen LogP contribution in [0.5, 0.6) is 0 Å². The number of hydrogen-bond donors (Lipinski definition) is 0. The summed E-state index contributed by atoms with van der Waals surface area (Å²) >= 11 is 0. The lowest BCUT2D eigenvalue weighted by molar-refractivity contribution is -0.142. The summed E-state index contributed by atoms with van der Waals surface area (Å²) in [5.41, 5.74) is 4.61. The van der Waals surface area contributed by atoms with Gasteiger partial charge in [-0.15, -0.1) is 0 Å². The number of aryl methyl sites for hydroxylation is 1. The van der Waals surface area contributed by atoms with E-state index in [-0.39, 0.29) is 11.8 Å². The normalized spacial score (nSPS) is 18.1. The van der Waals surface area contributed by atoms with Gasteiger partial charge >= 0.3 is 0 Å². The third-order valence-corrected chi connectivity index (χ3v) is 6.51. The molecule has 2 heterocycles. The molecule has 0 spiro atoms. The third-order valence-electron chi connectivity index (χ3n) is 6.51. The van der Waals surface area contributed by atoms with Crippen molar-refractivity contribution in [1.29, 1.82) is 0 Å². The van der Waals surface area contributed by atoms with Gasteiger partial charge in [0.2, 0.25) is 5.91 Å². The quantitative estimate of drug-likeness (QED) is 0.581. The first kappa shape index (κ1) is 22.7. The number of benzene rings is 2. The fourth-order valence-electron chi connectivity index (χ4n) is 4.80. The molecule has 3 aromatic rings. The van der Waals surface area contributed by atoms with E-state index in [1.165, 1.54) is 11.1 Å². The van der Waals surface area contributed by atoms with Gasteiger partial charge in [-0.2, -0.15) is 0 Å². The van der Waals surface area contributed by atoms with Crippen LogP contribution in [-0.2, 0) is 11.2 Å². The lowest BCUT2D eigenvalue weighted by Crippen LogP contribution is -2.54. The van der Waals surface area contributed by atoms with Crippen molar-refractivity contribution in [2.45, 2.75) is 26.2 Å². The zero-order chi connectivity index (χ0) is 23.4. The van der Waals surface area contributed by atoms with Gasteiger partial charge in [-0.25, -0.2) is 0 Å². The molecule has 1 aliphatic rings. The van der Waals surface area contributed by atoms with Crippen LogP contribution in [-0.4, -0.2) is 53.8 Å². The van der Waals surface area contributed by atoms with E-state index < -0.39 is 5.41 Å². The van der Waals surface area contributed by atoms with E-state index in [9.17, 15) is 9.59 Å². The molecule has 5 nitrogen and oxygen atoms in total. The van der Waals surface area contributed by atoms with Crippen LogP contribution in [0.15, 0.2) is 73.1 Å². The lowest BCUT2D eigenvalue weighted by Gasteiger charge is -2.43. The van der Waals surface area contributed by atoms with Crippen molar-refractivity contribution >= 4 is 11.8 Å². The monoisotopic (exact) mass is 441 g/mol. The van der Waals surface area contributed by atoms with Gasteiger partial charge < -0.3 is 9.80 Å². The van der Waals surface area contributed by atoms with Gasteiger partial charge in [0.15, 0.2) is 0 Å². The highest BCUT2D eigenvalue weighted by atomic mass is 16.2. The molecule has 0 bridgehead atoms. The van der Waals surface area contributed by atoms with E-state index in [2.05, 4.69) is 60.4 Å². The second kappa shape index (κ2) is 9.57. The van der Waals surface area contributed by atoms with Crippen LogP contribution in [0.25, 0.3) is 11.1 Å². The Bertz CT molecular complexity index is 1110. The number of amides is 2. The standard InChI is InChI=1S/C28H31N3O2/c1-21-7-11-23(12-8-21)24-13-9-22(10-14-24)18-28(27(33)30(2)3)15-5-17-31(20-28)26(32)25-6-4-16-29-19-25/h4,6-14,16,19H,5,15,17-18,20H2,1-3H3. The molecule has 1 aliphatic heterocycles. The molecule has 1 unspecified atom stereocenters. The van der Waals surface area contributed by atoms with Crippen LogP contribution in [0.2, 0.25) is 0 Å². The Morgan fingerprint density at radius 2 is 1.67 bits per heavy atom. The number of aromatic nitrogens is 1. The van der Waals surface area contributed by atoms with Gasteiger partial charge in [-0.1, -0.05) is 54.1 Å². The average Bonchev–Trinajstić information content (AvgIpc) is 2.85. The minimum atomic E-state index is -0.634. The summed E-state index contributed by atoms with van der Waals surface area (Å²) < 4.78 is 0. The summed E-state index contributed by atoms with van der Waals surface area (Å²) in [5.74, 6) is 0.0160. The summed E-state index contributed by atoms with van der Waals surface area (Å²) in [6.45, 7) is 3.15. The summed E-state index contributed by atoms with van der Waals surface area (Å²) in [7, 11) is 3.60. The van der Waals surface area contributed by atoms with Crippen molar-refractivity contribution in [2.75, 3.05) is 27.2 Å². The Balaban J connectivity index is 1.58. The van der Waals surface area contributed by atoms with E-state index in [0.717, 1.165) is 24.0 Å². The van der Waals surface area contributed by atoms with E-state index in [1.807, 2.05) is 4.90 Å².